The first-order valence-electron chi connectivity index (χ1n) is 23.7. The smallest absolute Gasteiger partial charge is 0.257 e. The summed E-state index contributed by atoms with van der Waals surface area (Å²) in [5.41, 5.74) is 4.25. The van der Waals surface area contributed by atoms with E-state index in [1.165, 1.54) is 54.8 Å². The molecule has 2 aliphatic carbocycles. The van der Waals surface area contributed by atoms with Crippen LogP contribution in [0.2, 0.25) is 0 Å². The van der Waals surface area contributed by atoms with Crippen LogP contribution in [0.15, 0.2) is 93.2 Å². The SMILES string of the molecule is CC(=O)NC1CCC(n2nc(F)c(-c3cc(Sc4ncc(-[n+]5cc(C#N)c6c(Sc7ccccc7C#N)cc(-c7c(F)nn(C8CCC(NC(C)=O)CC8)c7C)cn65)cc4F)c4c(C#N)cnn4c3)c2C)CC1. The average Bonchev–Trinajstić information content (AvgIpc) is 4.13. The third-order valence-electron chi connectivity index (χ3n) is 13.8. The Morgan fingerprint density at radius 2 is 1.23 bits per heavy atom. The van der Waals surface area contributed by atoms with Gasteiger partial charge >= 0.3 is 0 Å². The van der Waals surface area contributed by atoms with E-state index in [4.69, 9.17) is 0 Å². The number of aromatic nitrogens is 9. The predicted octanol–water partition coefficient (Wildman–Crippen LogP) is 9.18. The van der Waals surface area contributed by atoms with Crippen molar-refractivity contribution in [1.29, 1.82) is 15.8 Å². The summed E-state index contributed by atoms with van der Waals surface area (Å²) in [7, 11) is 0. The first-order valence-corrected chi connectivity index (χ1v) is 25.3. The molecule has 16 nitrogen and oxygen atoms in total. The maximum absolute atomic E-state index is 16.8. The van der Waals surface area contributed by atoms with E-state index in [9.17, 15) is 25.4 Å². The molecule has 7 heterocycles. The van der Waals surface area contributed by atoms with Gasteiger partial charge in [-0.25, -0.2) is 13.9 Å². The summed E-state index contributed by atoms with van der Waals surface area (Å²) in [5, 5.41) is 49.7. The van der Waals surface area contributed by atoms with Gasteiger partial charge in [0.05, 0.1) is 58.3 Å². The molecule has 7 aromatic heterocycles. The molecule has 0 bridgehead atoms. The standard InChI is InChI=1S/C52H45F3N14O2S2/c1-28-46(50(54)63-68(28)39-13-9-37(10-14-39)61-30(3)70)33-17-44(48-35(21-57)23-60-65(48)25-33)73-52-42(53)19-41(24-59-52)66-27-36(22-58)49-45(72-43-8-6-5-7-32(43)20-56)18-34(26-67(49)66)47-29(2)69(64-51(47)55)40-15-11-38(12-16-40)62-31(4)71/h5-8,17-19,23-27,37-40H,9-16H2,1-4H3,(H-,61,62,70,71)/p+1. The molecular formula is C52H46F3N14O2S2+. The molecule has 0 unspecified atom stereocenters. The zero-order valence-corrected chi connectivity index (χ0v) is 41.7. The minimum Gasteiger partial charge on any atom is -0.354 e. The van der Waals surface area contributed by atoms with E-state index < -0.39 is 17.7 Å². The van der Waals surface area contributed by atoms with Crippen LogP contribution >= 0.6 is 23.5 Å². The number of nitriles is 3. The Labute approximate surface area is 425 Å². The second-order valence-electron chi connectivity index (χ2n) is 18.4. The molecule has 0 radical (unpaired) electrons. The maximum atomic E-state index is 16.8. The number of carbonyl (C=O) groups is 2. The largest absolute Gasteiger partial charge is 0.354 e. The molecule has 73 heavy (non-hydrogen) atoms. The number of hydrogen-bond donors (Lipinski definition) is 2. The van der Waals surface area contributed by atoms with Crippen LogP contribution in [0.25, 0.3) is 39.0 Å². The number of nitrogens with one attached hydrogen (secondary N) is 2. The topological polar surface area (TPSA) is 204 Å². The molecule has 8 aromatic rings. The van der Waals surface area contributed by atoms with E-state index in [0.29, 0.717) is 92.3 Å². The van der Waals surface area contributed by atoms with Crippen molar-refractivity contribution in [1.82, 2.24) is 49.3 Å². The lowest BCUT2D eigenvalue weighted by molar-refractivity contribution is -0.667. The third-order valence-corrected chi connectivity index (χ3v) is 15.9. The molecule has 2 amide bonds. The summed E-state index contributed by atoms with van der Waals surface area (Å²) < 4.78 is 57.2. The predicted molar refractivity (Wildman–Crippen MR) is 263 cm³/mol. The van der Waals surface area contributed by atoms with Crippen LogP contribution < -0.4 is 15.3 Å². The van der Waals surface area contributed by atoms with Gasteiger partial charge in [0, 0.05) is 69.3 Å². The van der Waals surface area contributed by atoms with Crippen molar-refractivity contribution in [2.45, 2.75) is 123 Å². The highest BCUT2D eigenvalue weighted by Crippen LogP contribution is 2.42. The number of rotatable bonds is 11. The molecule has 21 heteroatoms. The van der Waals surface area contributed by atoms with Crippen LogP contribution in [0, 0.1) is 65.6 Å². The van der Waals surface area contributed by atoms with Gasteiger partial charge in [-0.1, -0.05) is 40.3 Å². The number of pyridine rings is 3. The Bertz CT molecular complexity index is 3650. The monoisotopic (exact) mass is 1020 g/mol. The molecule has 1 aromatic carbocycles. The van der Waals surface area contributed by atoms with Crippen molar-refractivity contribution >= 4 is 46.4 Å². The van der Waals surface area contributed by atoms with Gasteiger partial charge in [0.2, 0.25) is 29.9 Å². The van der Waals surface area contributed by atoms with Crippen LogP contribution in [-0.2, 0) is 9.59 Å². The number of carbonyl (C=O) groups excluding carboxylic acids is 2. The van der Waals surface area contributed by atoms with Crippen molar-refractivity contribution in [2.24, 2.45) is 0 Å². The van der Waals surface area contributed by atoms with Gasteiger partial charge in [-0.05, 0) is 89.5 Å². The van der Waals surface area contributed by atoms with E-state index in [1.54, 1.807) is 81.2 Å². The van der Waals surface area contributed by atoms with Crippen LogP contribution in [0.5, 0.6) is 0 Å². The number of benzene rings is 1. The molecule has 0 spiro atoms. The molecule has 368 valence electrons. The minimum absolute atomic E-state index is 0.0330. The Hall–Kier alpha value is -7.93. The molecule has 0 aliphatic heterocycles. The molecule has 2 fully saturated rings. The maximum Gasteiger partial charge on any atom is 0.257 e. The fourth-order valence-electron chi connectivity index (χ4n) is 10.4. The molecule has 0 atom stereocenters. The molecule has 2 saturated carbocycles. The highest BCUT2D eigenvalue weighted by Gasteiger charge is 2.32. The summed E-state index contributed by atoms with van der Waals surface area (Å²) in [5.74, 6) is -2.33. The van der Waals surface area contributed by atoms with Crippen LogP contribution in [0.3, 0.4) is 0 Å². The zero-order valence-electron chi connectivity index (χ0n) is 40.0. The fraction of sp³-hybridized carbons (Fsp3) is 0.308. The fourth-order valence-corrected chi connectivity index (χ4v) is 12.5. The van der Waals surface area contributed by atoms with E-state index in [2.05, 4.69) is 49.1 Å². The first-order chi connectivity index (χ1) is 35.2. The van der Waals surface area contributed by atoms with E-state index >= 15 is 13.2 Å². The van der Waals surface area contributed by atoms with Crippen molar-refractivity contribution in [3.05, 3.63) is 119 Å². The van der Waals surface area contributed by atoms with Crippen molar-refractivity contribution in [3.8, 4) is 46.1 Å². The number of hydrogen-bond acceptors (Lipinski definition) is 11. The van der Waals surface area contributed by atoms with Crippen LogP contribution in [0.1, 0.15) is 105 Å². The highest BCUT2D eigenvalue weighted by molar-refractivity contribution is 7.99. The van der Waals surface area contributed by atoms with Gasteiger partial charge in [-0.15, -0.1) is 14.7 Å². The molecule has 2 N–H and O–H groups in total. The summed E-state index contributed by atoms with van der Waals surface area (Å²) in [6.45, 7) is 6.57. The molecule has 2 aliphatic rings. The van der Waals surface area contributed by atoms with Gasteiger partial charge in [0.1, 0.15) is 40.5 Å². The third kappa shape index (κ3) is 9.28. The second kappa shape index (κ2) is 19.9. The van der Waals surface area contributed by atoms with E-state index in [-0.39, 0.29) is 68.9 Å². The zero-order chi connectivity index (χ0) is 51.2. The van der Waals surface area contributed by atoms with Crippen LogP contribution in [-0.4, -0.2) is 62.6 Å². The summed E-state index contributed by atoms with van der Waals surface area (Å²) in [6, 6.07) is 18.2. The van der Waals surface area contributed by atoms with Gasteiger partial charge in [0.15, 0.2) is 5.82 Å². The average molecular weight is 1020 g/mol. The molecule has 0 saturated heterocycles. The van der Waals surface area contributed by atoms with Gasteiger partial charge in [0.25, 0.3) is 5.69 Å². The van der Waals surface area contributed by atoms with E-state index in [0.717, 1.165) is 24.6 Å². The summed E-state index contributed by atoms with van der Waals surface area (Å²) >= 11 is 2.17. The van der Waals surface area contributed by atoms with Crippen molar-refractivity contribution < 1.29 is 27.4 Å². The number of halogens is 3. The minimum atomic E-state index is -0.750. The van der Waals surface area contributed by atoms with Crippen molar-refractivity contribution in [2.75, 3.05) is 0 Å². The molecular weight excluding hydrogens is 974 g/mol. The number of fused-ring (bicyclic) bond motifs is 2. The van der Waals surface area contributed by atoms with E-state index in [1.807, 2.05) is 0 Å². The lowest BCUT2D eigenvalue weighted by atomic mass is 9.91. The van der Waals surface area contributed by atoms with Crippen molar-refractivity contribution in [3.63, 3.8) is 0 Å². The normalized spacial score (nSPS) is 17.8. The Balaban J connectivity index is 1.03. The van der Waals surface area contributed by atoms with Gasteiger partial charge in [-0.3, -0.25) is 19.0 Å². The number of amides is 2. The quantitative estimate of drug-likeness (QED) is 0.117. The summed E-state index contributed by atoms with van der Waals surface area (Å²) in [4.78, 5) is 29.5. The number of nitrogens with zero attached hydrogens (tertiary/aromatic N) is 12. The Morgan fingerprint density at radius 1 is 0.685 bits per heavy atom. The lowest BCUT2D eigenvalue weighted by Crippen LogP contribution is -2.36. The molecule has 10 rings (SSSR count). The Kier molecular flexibility index (Phi) is 13.3. The lowest BCUT2D eigenvalue weighted by Gasteiger charge is -2.29. The first kappa shape index (κ1) is 48.7. The second-order valence-corrected chi connectivity index (χ2v) is 20.6. The highest BCUT2D eigenvalue weighted by atomic mass is 32.2. The van der Waals surface area contributed by atoms with Gasteiger partial charge < -0.3 is 10.6 Å². The Morgan fingerprint density at radius 3 is 1.78 bits per heavy atom. The summed E-state index contributed by atoms with van der Waals surface area (Å²) in [6.07, 6.45) is 13.3. The van der Waals surface area contributed by atoms with Gasteiger partial charge in [-0.2, -0.15) is 29.7 Å². The van der Waals surface area contributed by atoms with Crippen LogP contribution in [0.4, 0.5) is 13.2 Å².